The monoisotopic (exact) mass is 564 g/mol. The third-order valence-electron chi connectivity index (χ3n) is 11.3. The van der Waals surface area contributed by atoms with E-state index in [-0.39, 0.29) is 24.2 Å². The van der Waals surface area contributed by atoms with Crippen molar-refractivity contribution >= 4 is 20.8 Å². The number of hydrogen-bond donors (Lipinski definition) is 2. The highest BCUT2D eigenvalue weighted by Crippen LogP contribution is 2.68. The largest absolute Gasteiger partial charge is 0.397 e. The Morgan fingerprint density at radius 1 is 0.811 bits per heavy atom. The van der Waals surface area contributed by atoms with Crippen LogP contribution in [-0.2, 0) is 29.2 Å². The van der Waals surface area contributed by atoms with Crippen LogP contribution in [0.1, 0.15) is 105 Å². The van der Waals surface area contributed by atoms with Gasteiger partial charge >= 0.3 is 20.8 Å². The first kappa shape index (κ1) is 29.7. The van der Waals surface area contributed by atoms with E-state index >= 15 is 0 Å². The molecule has 0 aromatic carbocycles. The van der Waals surface area contributed by atoms with Crippen LogP contribution in [0.5, 0.6) is 0 Å². The van der Waals surface area contributed by atoms with Gasteiger partial charge in [-0.2, -0.15) is 16.8 Å². The third kappa shape index (κ3) is 6.24. The molecule has 0 bridgehead atoms. The average Bonchev–Trinajstić information content (AvgIpc) is 3.09. The fourth-order valence-corrected chi connectivity index (χ4v) is 10.8. The lowest BCUT2D eigenvalue weighted by Crippen LogP contribution is -2.57. The molecule has 0 aromatic heterocycles. The molecule has 8 nitrogen and oxygen atoms in total. The van der Waals surface area contributed by atoms with Gasteiger partial charge in [-0.1, -0.05) is 53.9 Å². The van der Waals surface area contributed by atoms with E-state index in [2.05, 4.69) is 34.6 Å². The molecule has 0 heterocycles. The van der Waals surface area contributed by atoms with Crippen LogP contribution in [0.2, 0.25) is 0 Å². The lowest BCUT2D eigenvalue weighted by molar-refractivity contribution is -0.152. The predicted octanol–water partition coefficient (Wildman–Crippen LogP) is 6.09. The summed E-state index contributed by atoms with van der Waals surface area (Å²) in [4.78, 5) is 0. The van der Waals surface area contributed by atoms with Crippen LogP contribution < -0.4 is 0 Å². The molecule has 4 unspecified atom stereocenters. The van der Waals surface area contributed by atoms with Crippen LogP contribution >= 0.6 is 0 Å². The van der Waals surface area contributed by atoms with Crippen molar-refractivity contribution in [3.8, 4) is 0 Å². The minimum atomic E-state index is -4.82. The quantitative estimate of drug-likeness (QED) is 0.322. The van der Waals surface area contributed by atoms with Crippen molar-refractivity contribution in [2.75, 3.05) is 0 Å². The SMILES string of the molecule is CC(C)CCC[C@@H](C)[C@H]1CCC2C3CCC4C[C@H](OS(=O)(=O)O)[C@@H](OS(=O)(=O)O)C[C@]4(C)C3CC[C@@]21C. The number of rotatable bonds is 9. The zero-order valence-corrected chi connectivity index (χ0v) is 24.8. The molecule has 4 aliphatic carbocycles. The summed E-state index contributed by atoms with van der Waals surface area (Å²) in [6.45, 7) is 11.8. The summed E-state index contributed by atoms with van der Waals surface area (Å²) in [7, 11) is -9.61. The number of fused-ring (bicyclic) bond motifs is 5. The van der Waals surface area contributed by atoms with E-state index in [1.165, 1.54) is 32.1 Å². The molecule has 0 aliphatic heterocycles. The molecule has 37 heavy (non-hydrogen) atoms. The molecule has 0 spiro atoms. The van der Waals surface area contributed by atoms with Crippen LogP contribution in [-0.4, -0.2) is 38.1 Å². The predicted molar refractivity (Wildman–Crippen MR) is 141 cm³/mol. The Balaban J connectivity index is 1.53. The smallest absolute Gasteiger partial charge is 0.264 e. The van der Waals surface area contributed by atoms with E-state index in [1.807, 2.05) is 0 Å². The summed E-state index contributed by atoms with van der Waals surface area (Å²) in [6.07, 6.45) is 8.88. The lowest BCUT2D eigenvalue weighted by atomic mass is 9.44. The zero-order valence-electron chi connectivity index (χ0n) is 23.1. The van der Waals surface area contributed by atoms with Gasteiger partial charge in [0.1, 0.15) is 12.2 Å². The molecule has 10 heteroatoms. The molecule has 0 radical (unpaired) electrons. The second-order valence-corrected chi connectivity index (χ2v) is 15.8. The summed E-state index contributed by atoms with van der Waals surface area (Å²) >= 11 is 0. The van der Waals surface area contributed by atoms with E-state index in [1.54, 1.807) is 0 Å². The first-order valence-corrected chi connectivity index (χ1v) is 17.1. The summed E-state index contributed by atoms with van der Waals surface area (Å²) in [6, 6.07) is 0. The Labute approximate surface area is 224 Å². The standard InChI is InChI=1S/C27H48O8S2/c1-17(2)7-6-8-18(3)21-11-12-22-20-10-9-19-15-24(34-36(28,29)30)25(35-37(31,32)33)16-27(19,5)23(20)13-14-26(21,22)4/h17-25H,6-16H2,1-5H3,(H,28,29,30)(H,31,32,33)/t18-,19?,20?,21-,22?,23?,24+,25+,26-,27+/m1/s1. The van der Waals surface area contributed by atoms with Crippen LogP contribution in [0, 0.1) is 52.3 Å². The third-order valence-corrected chi connectivity index (χ3v) is 12.3. The van der Waals surface area contributed by atoms with Gasteiger partial charge in [0.05, 0.1) is 0 Å². The molecule has 2 N–H and O–H groups in total. The van der Waals surface area contributed by atoms with Gasteiger partial charge in [-0.05, 0) is 104 Å². The highest BCUT2D eigenvalue weighted by molar-refractivity contribution is 7.81. The Hall–Kier alpha value is -0.260. The van der Waals surface area contributed by atoms with Crippen molar-refractivity contribution in [1.82, 2.24) is 0 Å². The topological polar surface area (TPSA) is 127 Å². The highest BCUT2D eigenvalue weighted by Gasteiger charge is 2.62. The maximum Gasteiger partial charge on any atom is 0.397 e. The van der Waals surface area contributed by atoms with Crippen molar-refractivity contribution in [3.63, 3.8) is 0 Å². The van der Waals surface area contributed by atoms with Crippen molar-refractivity contribution in [1.29, 1.82) is 0 Å². The van der Waals surface area contributed by atoms with Crippen LogP contribution in [0.25, 0.3) is 0 Å². The van der Waals surface area contributed by atoms with Gasteiger partial charge in [0.2, 0.25) is 0 Å². The fourth-order valence-electron chi connectivity index (χ4n) is 9.77. The van der Waals surface area contributed by atoms with Crippen molar-refractivity contribution in [3.05, 3.63) is 0 Å². The molecule has 0 amide bonds. The molecule has 10 atom stereocenters. The Bertz CT molecular complexity index is 1030. The zero-order chi connectivity index (χ0) is 27.4. The Morgan fingerprint density at radius 3 is 2.05 bits per heavy atom. The van der Waals surface area contributed by atoms with Gasteiger partial charge in [0.25, 0.3) is 0 Å². The van der Waals surface area contributed by atoms with Gasteiger partial charge in [-0.3, -0.25) is 9.11 Å². The summed E-state index contributed by atoms with van der Waals surface area (Å²) < 4.78 is 74.8. The molecule has 4 aliphatic rings. The van der Waals surface area contributed by atoms with E-state index in [0.717, 1.165) is 43.4 Å². The normalized spacial score (nSPS) is 43.2. The maximum absolute atomic E-state index is 11.6. The van der Waals surface area contributed by atoms with E-state index in [9.17, 15) is 25.9 Å². The van der Waals surface area contributed by atoms with Gasteiger partial charge in [-0.25, -0.2) is 8.37 Å². The molecule has 216 valence electrons. The van der Waals surface area contributed by atoms with Crippen molar-refractivity contribution < 1.29 is 34.3 Å². The minimum Gasteiger partial charge on any atom is -0.264 e. The number of hydrogen-bond acceptors (Lipinski definition) is 6. The maximum atomic E-state index is 11.6. The lowest BCUT2D eigenvalue weighted by Gasteiger charge is -2.62. The summed E-state index contributed by atoms with van der Waals surface area (Å²) in [5, 5.41) is 0. The van der Waals surface area contributed by atoms with E-state index < -0.39 is 33.0 Å². The van der Waals surface area contributed by atoms with Gasteiger partial charge in [0.15, 0.2) is 0 Å². The second-order valence-electron chi connectivity index (χ2n) is 13.8. The minimum absolute atomic E-state index is 0.137. The molecule has 0 aromatic rings. The van der Waals surface area contributed by atoms with Crippen LogP contribution in [0.4, 0.5) is 0 Å². The molecular formula is C27H48O8S2. The van der Waals surface area contributed by atoms with Gasteiger partial charge in [-0.15, -0.1) is 0 Å². The first-order valence-electron chi connectivity index (χ1n) is 14.3. The molecule has 0 saturated heterocycles. The first-order chi connectivity index (χ1) is 17.0. The molecule has 4 rings (SSSR count). The van der Waals surface area contributed by atoms with Crippen molar-refractivity contribution in [2.45, 2.75) is 117 Å². The molecule has 4 saturated carbocycles. The average molecular weight is 565 g/mol. The molecule has 4 fully saturated rings. The van der Waals surface area contributed by atoms with Gasteiger partial charge < -0.3 is 0 Å². The Morgan fingerprint density at radius 2 is 1.43 bits per heavy atom. The molecular weight excluding hydrogens is 516 g/mol. The van der Waals surface area contributed by atoms with Crippen LogP contribution in [0.3, 0.4) is 0 Å². The summed E-state index contributed by atoms with van der Waals surface area (Å²) in [5.41, 5.74) is 0.0802. The highest BCUT2D eigenvalue weighted by atomic mass is 32.3. The van der Waals surface area contributed by atoms with E-state index in [4.69, 9.17) is 8.37 Å². The van der Waals surface area contributed by atoms with Crippen molar-refractivity contribution in [2.24, 2.45) is 52.3 Å². The van der Waals surface area contributed by atoms with Crippen LogP contribution in [0.15, 0.2) is 0 Å². The van der Waals surface area contributed by atoms with E-state index in [0.29, 0.717) is 23.2 Å². The summed E-state index contributed by atoms with van der Waals surface area (Å²) in [5.74, 6) is 3.94. The van der Waals surface area contributed by atoms with Gasteiger partial charge in [0, 0.05) is 0 Å². The fraction of sp³-hybridized carbons (Fsp3) is 1.00. The second kappa shape index (κ2) is 10.6. The Kier molecular flexibility index (Phi) is 8.53.